The summed E-state index contributed by atoms with van der Waals surface area (Å²) in [5, 5.41) is 2.86. The van der Waals surface area contributed by atoms with Crippen LogP contribution in [0.2, 0.25) is 0 Å². The molecule has 0 aliphatic carbocycles. The number of benzene rings is 2. The van der Waals surface area contributed by atoms with Crippen LogP contribution in [0.1, 0.15) is 47.3 Å². The van der Waals surface area contributed by atoms with Crippen molar-refractivity contribution in [1.82, 2.24) is 5.32 Å². The molecule has 1 aliphatic rings. The van der Waals surface area contributed by atoms with Crippen molar-refractivity contribution in [2.75, 3.05) is 24.7 Å². The minimum atomic E-state index is -0.330. The molecule has 1 heterocycles. The van der Waals surface area contributed by atoms with E-state index in [0.29, 0.717) is 22.7 Å². The van der Waals surface area contributed by atoms with E-state index in [-0.39, 0.29) is 43.4 Å². The maximum absolute atomic E-state index is 12.8. The van der Waals surface area contributed by atoms with Crippen molar-refractivity contribution in [3.63, 3.8) is 0 Å². The monoisotopic (exact) mass is 438 g/mol. The first-order valence-electron chi connectivity index (χ1n) is 10.8. The van der Waals surface area contributed by atoms with Gasteiger partial charge in [-0.25, -0.2) is 0 Å². The fourth-order valence-electron chi connectivity index (χ4n) is 3.73. The first-order chi connectivity index (χ1) is 15.2. The van der Waals surface area contributed by atoms with Gasteiger partial charge in [0.1, 0.15) is 18.0 Å². The first kappa shape index (κ1) is 23.3. The summed E-state index contributed by atoms with van der Waals surface area (Å²) >= 11 is 0. The molecule has 0 unspecified atom stereocenters. The van der Waals surface area contributed by atoms with Gasteiger partial charge in [0.15, 0.2) is 19.0 Å². The third-order valence-corrected chi connectivity index (χ3v) is 5.50. The standard InChI is InChI=1S/C25H30N2O5/c1-6-18(5)26-23(29)12-27-20-11-19(7-8-22(20)31-14-24(27)30)21(28)13-32-25-16(3)9-15(2)10-17(25)4/h7-11,18H,6,12-14H2,1-5H3,(H,26,29)/t18-/m1/s1. The third kappa shape index (κ3) is 5.28. The van der Waals surface area contributed by atoms with Crippen LogP contribution in [0.25, 0.3) is 0 Å². The Balaban J connectivity index is 1.77. The first-order valence-corrected chi connectivity index (χ1v) is 10.8. The smallest absolute Gasteiger partial charge is 0.265 e. The Kier molecular flexibility index (Phi) is 7.18. The van der Waals surface area contributed by atoms with Crippen molar-refractivity contribution in [2.45, 2.75) is 47.1 Å². The van der Waals surface area contributed by atoms with Crippen molar-refractivity contribution >= 4 is 23.3 Å². The summed E-state index contributed by atoms with van der Waals surface area (Å²) in [6.07, 6.45) is 0.790. The molecule has 1 aliphatic heterocycles. The zero-order chi connectivity index (χ0) is 23.4. The molecule has 170 valence electrons. The zero-order valence-electron chi connectivity index (χ0n) is 19.3. The SMILES string of the molecule is CC[C@@H](C)NC(=O)CN1C(=O)COc2ccc(C(=O)COc3c(C)cc(C)cc3C)cc21. The number of fused-ring (bicyclic) bond motifs is 1. The number of hydrogen-bond donors (Lipinski definition) is 1. The normalized spacial score (nSPS) is 13.8. The molecule has 2 amide bonds. The largest absolute Gasteiger partial charge is 0.485 e. The molecule has 0 radical (unpaired) electrons. The predicted octanol–water partition coefficient (Wildman–Crippen LogP) is 3.51. The van der Waals surface area contributed by atoms with Crippen molar-refractivity contribution < 1.29 is 23.9 Å². The summed E-state index contributed by atoms with van der Waals surface area (Å²) in [4.78, 5) is 39.0. The molecule has 7 heteroatoms. The Hall–Kier alpha value is -3.35. The van der Waals surface area contributed by atoms with E-state index in [1.165, 1.54) is 4.90 Å². The Morgan fingerprint density at radius 2 is 1.84 bits per heavy atom. The average molecular weight is 439 g/mol. The molecule has 7 nitrogen and oxygen atoms in total. The Morgan fingerprint density at radius 3 is 2.50 bits per heavy atom. The van der Waals surface area contributed by atoms with Gasteiger partial charge in [0.2, 0.25) is 5.91 Å². The maximum Gasteiger partial charge on any atom is 0.265 e. The Morgan fingerprint density at radius 1 is 1.16 bits per heavy atom. The van der Waals surface area contributed by atoms with E-state index >= 15 is 0 Å². The number of anilines is 1. The molecule has 1 atom stereocenters. The number of nitrogens with zero attached hydrogens (tertiary/aromatic N) is 1. The maximum atomic E-state index is 12.8. The highest BCUT2D eigenvalue weighted by Gasteiger charge is 2.28. The summed E-state index contributed by atoms with van der Waals surface area (Å²) in [6, 6.07) is 8.91. The number of aryl methyl sites for hydroxylation is 3. The van der Waals surface area contributed by atoms with Crippen LogP contribution in [-0.4, -0.2) is 43.4 Å². The fraction of sp³-hybridized carbons (Fsp3) is 0.400. The number of ketones is 1. The van der Waals surface area contributed by atoms with E-state index in [1.54, 1.807) is 18.2 Å². The Bertz CT molecular complexity index is 1020. The summed E-state index contributed by atoms with van der Waals surface area (Å²) in [5.41, 5.74) is 3.87. The van der Waals surface area contributed by atoms with Crippen LogP contribution in [0, 0.1) is 20.8 Å². The van der Waals surface area contributed by atoms with Gasteiger partial charge in [0.25, 0.3) is 5.91 Å². The van der Waals surface area contributed by atoms with E-state index in [9.17, 15) is 14.4 Å². The lowest BCUT2D eigenvalue weighted by Crippen LogP contribution is -2.46. The number of carbonyl (C=O) groups excluding carboxylic acids is 3. The number of rotatable bonds is 8. The molecule has 0 fully saturated rings. The number of hydrogen-bond acceptors (Lipinski definition) is 5. The van der Waals surface area contributed by atoms with Gasteiger partial charge < -0.3 is 14.8 Å². The summed E-state index contributed by atoms with van der Waals surface area (Å²) in [6.45, 7) is 9.38. The van der Waals surface area contributed by atoms with E-state index in [1.807, 2.05) is 46.8 Å². The molecular formula is C25H30N2O5. The van der Waals surface area contributed by atoms with Crippen LogP contribution >= 0.6 is 0 Å². The topological polar surface area (TPSA) is 84.9 Å². The molecule has 2 aromatic carbocycles. The highest BCUT2D eigenvalue weighted by Crippen LogP contribution is 2.33. The van der Waals surface area contributed by atoms with Crippen LogP contribution in [0.4, 0.5) is 5.69 Å². The second-order valence-electron chi connectivity index (χ2n) is 8.27. The van der Waals surface area contributed by atoms with Crippen LogP contribution in [0.15, 0.2) is 30.3 Å². The van der Waals surface area contributed by atoms with E-state index in [0.717, 1.165) is 23.1 Å². The Labute approximate surface area is 188 Å². The van der Waals surface area contributed by atoms with Gasteiger partial charge in [-0.2, -0.15) is 0 Å². The summed E-state index contributed by atoms with van der Waals surface area (Å²) in [5.74, 6) is 0.344. The molecule has 0 spiro atoms. The molecule has 32 heavy (non-hydrogen) atoms. The van der Waals surface area contributed by atoms with Gasteiger partial charge in [-0.05, 0) is 63.4 Å². The van der Waals surface area contributed by atoms with Crippen molar-refractivity contribution in [3.8, 4) is 11.5 Å². The summed E-state index contributed by atoms with van der Waals surface area (Å²) in [7, 11) is 0. The second-order valence-corrected chi connectivity index (χ2v) is 8.27. The van der Waals surface area contributed by atoms with E-state index in [4.69, 9.17) is 9.47 Å². The van der Waals surface area contributed by atoms with E-state index in [2.05, 4.69) is 5.32 Å². The molecule has 1 N–H and O–H groups in total. The quantitative estimate of drug-likeness (QED) is 0.638. The number of Topliss-reactive ketones (excluding diaryl/α,β-unsaturated/α-hetero) is 1. The second kappa shape index (κ2) is 9.85. The van der Waals surface area contributed by atoms with Gasteiger partial charge in [-0.1, -0.05) is 24.6 Å². The molecule has 0 bridgehead atoms. The van der Waals surface area contributed by atoms with Crippen LogP contribution < -0.4 is 19.7 Å². The lowest BCUT2D eigenvalue weighted by atomic mass is 10.1. The predicted molar refractivity (Wildman–Crippen MR) is 123 cm³/mol. The number of carbonyl (C=O) groups is 3. The number of amides is 2. The highest BCUT2D eigenvalue weighted by atomic mass is 16.5. The van der Waals surface area contributed by atoms with Crippen molar-refractivity contribution in [3.05, 3.63) is 52.6 Å². The zero-order valence-corrected chi connectivity index (χ0v) is 19.3. The van der Waals surface area contributed by atoms with Gasteiger partial charge in [-0.15, -0.1) is 0 Å². The highest BCUT2D eigenvalue weighted by molar-refractivity contribution is 6.04. The summed E-state index contributed by atoms with van der Waals surface area (Å²) < 4.78 is 11.3. The van der Waals surface area contributed by atoms with Gasteiger partial charge in [-0.3, -0.25) is 19.3 Å². The van der Waals surface area contributed by atoms with Gasteiger partial charge in [0.05, 0.1) is 5.69 Å². The number of ether oxygens (including phenoxy) is 2. The molecule has 0 saturated carbocycles. The fourth-order valence-corrected chi connectivity index (χ4v) is 3.73. The van der Waals surface area contributed by atoms with Crippen molar-refractivity contribution in [1.29, 1.82) is 0 Å². The molecule has 0 saturated heterocycles. The van der Waals surface area contributed by atoms with Gasteiger partial charge in [0, 0.05) is 11.6 Å². The lowest BCUT2D eigenvalue weighted by Gasteiger charge is -2.29. The average Bonchev–Trinajstić information content (AvgIpc) is 2.74. The number of nitrogens with one attached hydrogen (secondary N) is 1. The van der Waals surface area contributed by atoms with Crippen LogP contribution in [0.3, 0.4) is 0 Å². The van der Waals surface area contributed by atoms with Gasteiger partial charge >= 0.3 is 0 Å². The van der Waals surface area contributed by atoms with Crippen LogP contribution in [0.5, 0.6) is 11.5 Å². The molecule has 3 rings (SSSR count). The van der Waals surface area contributed by atoms with Crippen molar-refractivity contribution in [2.24, 2.45) is 0 Å². The molecular weight excluding hydrogens is 408 g/mol. The lowest BCUT2D eigenvalue weighted by molar-refractivity contribution is -0.125. The van der Waals surface area contributed by atoms with E-state index < -0.39 is 0 Å². The molecule has 0 aromatic heterocycles. The third-order valence-electron chi connectivity index (χ3n) is 5.50. The minimum absolute atomic E-state index is 0.0110. The molecule has 2 aromatic rings. The van der Waals surface area contributed by atoms with Crippen LogP contribution in [-0.2, 0) is 9.59 Å². The minimum Gasteiger partial charge on any atom is -0.485 e.